The van der Waals surface area contributed by atoms with E-state index in [-0.39, 0.29) is 0 Å². The number of nitrogens with two attached hydrogens (primary N) is 1. The standard InChI is InChI=1S/C22H28N4O2/c1-2-26-11-3-4-17(26)14-24-20-9-5-15-12-18(7-8-19(15)20)28-21-10-6-16(13-25-21)22(23)27/h6-8,10,12-13,17,20,24H,2-5,9,11,14H2,1H3,(H2,23,27). The number of pyridine rings is 1. The highest BCUT2D eigenvalue weighted by molar-refractivity contribution is 5.92. The average molecular weight is 380 g/mol. The first-order valence-corrected chi connectivity index (χ1v) is 10.2. The number of ether oxygens (including phenoxy) is 1. The van der Waals surface area contributed by atoms with Crippen molar-refractivity contribution >= 4 is 5.91 Å². The van der Waals surface area contributed by atoms with Crippen molar-refractivity contribution in [1.29, 1.82) is 0 Å². The number of benzene rings is 1. The Balaban J connectivity index is 1.38. The lowest BCUT2D eigenvalue weighted by atomic mass is 10.1. The number of aryl methyl sites for hydroxylation is 1. The molecule has 1 amide bonds. The maximum absolute atomic E-state index is 11.1. The molecule has 1 aromatic heterocycles. The lowest BCUT2D eigenvalue weighted by molar-refractivity contribution is 0.1000. The zero-order valence-electron chi connectivity index (χ0n) is 16.4. The molecule has 6 nitrogen and oxygen atoms in total. The van der Waals surface area contributed by atoms with E-state index in [1.807, 2.05) is 6.07 Å². The van der Waals surface area contributed by atoms with Crippen LogP contribution in [0.3, 0.4) is 0 Å². The molecule has 1 saturated heterocycles. The van der Waals surface area contributed by atoms with Gasteiger partial charge in [-0.3, -0.25) is 9.69 Å². The fourth-order valence-corrected chi connectivity index (χ4v) is 4.40. The number of aromatic nitrogens is 1. The molecule has 3 N–H and O–H groups in total. The molecule has 0 saturated carbocycles. The summed E-state index contributed by atoms with van der Waals surface area (Å²) in [6, 6.07) is 10.7. The smallest absolute Gasteiger partial charge is 0.250 e. The first-order chi connectivity index (χ1) is 13.6. The van der Waals surface area contributed by atoms with E-state index >= 15 is 0 Å². The molecule has 1 aromatic carbocycles. The third kappa shape index (κ3) is 4.03. The Hall–Kier alpha value is -2.44. The summed E-state index contributed by atoms with van der Waals surface area (Å²) >= 11 is 0. The topological polar surface area (TPSA) is 80.5 Å². The molecule has 28 heavy (non-hydrogen) atoms. The van der Waals surface area contributed by atoms with Gasteiger partial charge in [-0.25, -0.2) is 4.98 Å². The highest BCUT2D eigenvalue weighted by Gasteiger charge is 2.27. The van der Waals surface area contributed by atoms with E-state index in [0.717, 1.165) is 31.7 Å². The number of amides is 1. The van der Waals surface area contributed by atoms with Crippen LogP contribution in [0.4, 0.5) is 0 Å². The van der Waals surface area contributed by atoms with Gasteiger partial charge in [0.1, 0.15) is 5.75 Å². The van der Waals surface area contributed by atoms with E-state index in [9.17, 15) is 4.79 Å². The Labute approximate surface area is 166 Å². The van der Waals surface area contributed by atoms with Crippen molar-refractivity contribution < 1.29 is 9.53 Å². The van der Waals surface area contributed by atoms with Gasteiger partial charge in [0.2, 0.25) is 11.8 Å². The summed E-state index contributed by atoms with van der Waals surface area (Å²) in [4.78, 5) is 17.9. The van der Waals surface area contributed by atoms with Gasteiger partial charge in [0.05, 0.1) is 5.56 Å². The zero-order chi connectivity index (χ0) is 19.5. The SMILES string of the molecule is CCN1CCCC1CNC1CCc2cc(Oc3ccc(C(N)=O)cn3)ccc21. The van der Waals surface area contributed by atoms with Gasteiger partial charge >= 0.3 is 0 Å². The number of carbonyl (C=O) groups is 1. The number of primary amides is 1. The lowest BCUT2D eigenvalue weighted by Gasteiger charge is -2.25. The van der Waals surface area contributed by atoms with Crippen LogP contribution < -0.4 is 15.8 Å². The predicted molar refractivity (Wildman–Crippen MR) is 109 cm³/mol. The van der Waals surface area contributed by atoms with E-state index in [1.165, 1.54) is 36.7 Å². The Morgan fingerprint density at radius 3 is 2.96 bits per heavy atom. The Morgan fingerprint density at radius 1 is 1.32 bits per heavy atom. The molecular weight excluding hydrogens is 352 g/mol. The monoisotopic (exact) mass is 380 g/mol. The number of fused-ring (bicyclic) bond motifs is 1. The number of hydrogen-bond donors (Lipinski definition) is 2. The molecule has 1 aliphatic carbocycles. The second-order valence-corrected chi connectivity index (χ2v) is 7.64. The Kier molecular flexibility index (Phi) is 5.59. The van der Waals surface area contributed by atoms with Gasteiger partial charge in [0, 0.05) is 30.9 Å². The minimum absolute atomic E-state index is 0.374. The molecular formula is C22H28N4O2. The minimum atomic E-state index is -0.491. The minimum Gasteiger partial charge on any atom is -0.439 e. The van der Waals surface area contributed by atoms with Crippen LogP contribution in [-0.4, -0.2) is 41.5 Å². The lowest BCUT2D eigenvalue weighted by Crippen LogP contribution is -2.38. The number of carbonyl (C=O) groups excluding carboxylic acids is 1. The van der Waals surface area contributed by atoms with E-state index < -0.39 is 5.91 Å². The van der Waals surface area contributed by atoms with Gasteiger partial charge in [-0.2, -0.15) is 0 Å². The molecule has 148 valence electrons. The van der Waals surface area contributed by atoms with Crippen LogP contribution in [0, 0.1) is 0 Å². The van der Waals surface area contributed by atoms with Crippen LogP contribution in [0.2, 0.25) is 0 Å². The van der Waals surface area contributed by atoms with Crippen molar-refractivity contribution in [3.8, 4) is 11.6 Å². The largest absolute Gasteiger partial charge is 0.439 e. The number of nitrogens with zero attached hydrogens (tertiary/aromatic N) is 2. The normalized spacial score (nSPS) is 21.6. The summed E-state index contributed by atoms with van der Waals surface area (Å²) < 4.78 is 5.85. The molecule has 1 aliphatic heterocycles. The summed E-state index contributed by atoms with van der Waals surface area (Å²) in [6.07, 6.45) is 6.24. The quantitative estimate of drug-likeness (QED) is 0.772. The van der Waals surface area contributed by atoms with Gasteiger partial charge in [-0.05, 0) is 68.1 Å². The van der Waals surface area contributed by atoms with Gasteiger partial charge in [-0.15, -0.1) is 0 Å². The number of likely N-dealkylation sites (tertiary alicyclic amines) is 1. The van der Waals surface area contributed by atoms with Crippen LogP contribution >= 0.6 is 0 Å². The summed E-state index contributed by atoms with van der Waals surface area (Å²) in [6.45, 7) is 5.69. The molecule has 0 spiro atoms. The van der Waals surface area contributed by atoms with Gasteiger partial charge < -0.3 is 15.8 Å². The Morgan fingerprint density at radius 2 is 2.21 bits per heavy atom. The van der Waals surface area contributed by atoms with Gasteiger partial charge in [0.15, 0.2) is 0 Å². The van der Waals surface area contributed by atoms with Crippen LogP contribution in [0.15, 0.2) is 36.5 Å². The molecule has 2 aliphatic rings. The fourth-order valence-electron chi connectivity index (χ4n) is 4.40. The number of hydrogen-bond acceptors (Lipinski definition) is 5. The molecule has 0 bridgehead atoms. The van der Waals surface area contributed by atoms with Crippen molar-refractivity contribution in [2.45, 2.75) is 44.7 Å². The first kappa shape index (κ1) is 18.9. The van der Waals surface area contributed by atoms with Crippen LogP contribution in [0.25, 0.3) is 0 Å². The number of nitrogens with one attached hydrogen (secondary N) is 1. The highest BCUT2D eigenvalue weighted by Crippen LogP contribution is 2.34. The average Bonchev–Trinajstić information content (AvgIpc) is 3.32. The van der Waals surface area contributed by atoms with Crippen LogP contribution in [-0.2, 0) is 6.42 Å². The van der Waals surface area contributed by atoms with Crippen molar-refractivity contribution in [2.24, 2.45) is 5.73 Å². The van der Waals surface area contributed by atoms with Gasteiger partial charge in [0.25, 0.3) is 0 Å². The fraction of sp³-hybridized carbons (Fsp3) is 0.455. The van der Waals surface area contributed by atoms with Crippen LogP contribution in [0.5, 0.6) is 11.6 Å². The van der Waals surface area contributed by atoms with Crippen molar-refractivity contribution in [3.05, 3.63) is 53.2 Å². The van der Waals surface area contributed by atoms with Crippen LogP contribution in [0.1, 0.15) is 53.7 Å². The second kappa shape index (κ2) is 8.29. The van der Waals surface area contributed by atoms with E-state index in [2.05, 4.69) is 34.3 Å². The highest BCUT2D eigenvalue weighted by atomic mass is 16.5. The zero-order valence-corrected chi connectivity index (χ0v) is 16.4. The third-order valence-electron chi connectivity index (χ3n) is 5.94. The molecule has 4 rings (SSSR count). The third-order valence-corrected chi connectivity index (χ3v) is 5.94. The summed E-state index contributed by atoms with van der Waals surface area (Å²) in [5.41, 5.74) is 8.33. The molecule has 2 heterocycles. The molecule has 2 unspecified atom stereocenters. The molecule has 2 atom stereocenters. The second-order valence-electron chi connectivity index (χ2n) is 7.64. The maximum Gasteiger partial charge on any atom is 0.250 e. The number of likely N-dealkylation sites (N-methyl/N-ethyl adjacent to an activating group) is 1. The van der Waals surface area contributed by atoms with E-state index in [4.69, 9.17) is 10.5 Å². The molecule has 6 heteroatoms. The molecule has 2 aromatic rings. The predicted octanol–water partition coefficient (Wildman–Crippen LogP) is 3.03. The van der Waals surface area contributed by atoms with Gasteiger partial charge in [-0.1, -0.05) is 13.0 Å². The molecule has 1 fully saturated rings. The maximum atomic E-state index is 11.1. The Bertz CT molecular complexity index is 837. The van der Waals surface area contributed by atoms with Crippen molar-refractivity contribution in [2.75, 3.05) is 19.6 Å². The van der Waals surface area contributed by atoms with Crippen molar-refractivity contribution in [3.63, 3.8) is 0 Å². The van der Waals surface area contributed by atoms with Crippen molar-refractivity contribution in [1.82, 2.24) is 15.2 Å². The molecule has 0 radical (unpaired) electrons. The summed E-state index contributed by atoms with van der Waals surface area (Å²) in [5.74, 6) is 0.736. The first-order valence-electron chi connectivity index (χ1n) is 10.2. The van der Waals surface area contributed by atoms with E-state index in [1.54, 1.807) is 12.1 Å². The summed E-state index contributed by atoms with van der Waals surface area (Å²) in [5, 5.41) is 3.79. The number of rotatable bonds is 7. The summed E-state index contributed by atoms with van der Waals surface area (Å²) in [7, 11) is 0. The van der Waals surface area contributed by atoms with E-state index in [0.29, 0.717) is 23.5 Å².